The zero-order valence-corrected chi connectivity index (χ0v) is 16.9. The Labute approximate surface area is 168 Å². The van der Waals surface area contributed by atoms with E-state index in [1.165, 1.54) is 4.90 Å². The summed E-state index contributed by atoms with van der Waals surface area (Å²) in [5.41, 5.74) is 2.56. The van der Waals surface area contributed by atoms with Crippen molar-refractivity contribution in [2.45, 2.75) is 33.7 Å². The van der Waals surface area contributed by atoms with Crippen LogP contribution in [0.2, 0.25) is 0 Å². The van der Waals surface area contributed by atoms with Crippen molar-refractivity contribution in [2.24, 2.45) is 5.41 Å². The van der Waals surface area contributed by atoms with Crippen molar-refractivity contribution >= 4 is 28.7 Å². The number of nitrogens with zero attached hydrogens (tertiary/aromatic N) is 2. The number of H-pyrrole nitrogens is 1. The molecular formula is C23H23N3O3. The number of carbonyl (C=O) groups is 2. The summed E-state index contributed by atoms with van der Waals surface area (Å²) in [6.07, 6.45) is 0. The van der Waals surface area contributed by atoms with Gasteiger partial charge in [-0.25, -0.2) is 4.98 Å². The van der Waals surface area contributed by atoms with E-state index in [1.54, 1.807) is 20.8 Å². The summed E-state index contributed by atoms with van der Waals surface area (Å²) in [5, 5.41) is 10.7. The first-order valence-corrected chi connectivity index (χ1v) is 9.51. The molecule has 6 nitrogen and oxygen atoms in total. The van der Waals surface area contributed by atoms with E-state index in [4.69, 9.17) is 0 Å². The molecule has 3 aromatic rings. The summed E-state index contributed by atoms with van der Waals surface area (Å²) >= 11 is 0. The smallest absolute Gasteiger partial charge is 0.296 e. The summed E-state index contributed by atoms with van der Waals surface area (Å²) in [4.78, 5) is 35.4. The molecule has 0 saturated carbocycles. The van der Waals surface area contributed by atoms with Crippen LogP contribution in [0.25, 0.3) is 11.0 Å². The van der Waals surface area contributed by atoms with Crippen LogP contribution in [0.3, 0.4) is 0 Å². The van der Waals surface area contributed by atoms with Gasteiger partial charge in [0, 0.05) is 5.41 Å². The van der Waals surface area contributed by atoms with E-state index in [-0.39, 0.29) is 11.4 Å². The number of aliphatic hydroxyl groups is 1. The van der Waals surface area contributed by atoms with Gasteiger partial charge in [-0.2, -0.15) is 0 Å². The minimum absolute atomic E-state index is 0.105. The quantitative estimate of drug-likeness (QED) is 0.696. The largest absolute Gasteiger partial charge is 0.503 e. The van der Waals surface area contributed by atoms with Gasteiger partial charge < -0.3 is 10.1 Å². The Morgan fingerprint density at radius 1 is 1.14 bits per heavy atom. The first-order chi connectivity index (χ1) is 13.7. The zero-order valence-electron chi connectivity index (χ0n) is 16.9. The van der Waals surface area contributed by atoms with Gasteiger partial charge in [-0.15, -0.1) is 0 Å². The number of rotatable bonds is 3. The summed E-state index contributed by atoms with van der Waals surface area (Å²) < 4.78 is 0. The Balaban J connectivity index is 1.92. The molecule has 6 heteroatoms. The third-order valence-corrected chi connectivity index (χ3v) is 5.10. The molecule has 1 aliphatic rings. The number of amides is 1. The second-order valence-corrected chi connectivity index (χ2v) is 8.41. The van der Waals surface area contributed by atoms with E-state index in [0.717, 1.165) is 16.6 Å². The SMILES string of the molecule is Cc1cccc(C2C(C(=O)C(C)(C)C)=C(O)C(=O)N2c2nc3ccccc3[nH]2)c1. The molecule has 2 N–H and O–H groups in total. The van der Waals surface area contributed by atoms with Gasteiger partial charge in [0.2, 0.25) is 5.95 Å². The van der Waals surface area contributed by atoms with Gasteiger partial charge in [0.05, 0.1) is 22.6 Å². The lowest BCUT2D eigenvalue weighted by molar-refractivity contribution is -0.123. The summed E-state index contributed by atoms with van der Waals surface area (Å²) in [6, 6.07) is 14.3. The highest BCUT2D eigenvalue weighted by Crippen LogP contribution is 2.43. The van der Waals surface area contributed by atoms with Crippen molar-refractivity contribution in [2.75, 3.05) is 4.90 Å². The maximum atomic E-state index is 13.2. The van der Waals surface area contributed by atoms with Crippen molar-refractivity contribution in [3.8, 4) is 0 Å². The molecule has 0 radical (unpaired) electrons. The van der Waals surface area contributed by atoms with Crippen molar-refractivity contribution < 1.29 is 14.7 Å². The second-order valence-electron chi connectivity index (χ2n) is 8.41. The van der Waals surface area contributed by atoms with Crippen LogP contribution in [-0.4, -0.2) is 26.8 Å². The number of hydrogen-bond donors (Lipinski definition) is 2. The molecule has 148 valence electrons. The molecule has 1 aromatic heterocycles. The molecule has 2 heterocycles. The van der Waals surface area contributed by atoms with E-state index in [2.05, 4.69) is 9.97 Å². The third-order valence-electron chi connectivity index (χ3n) is 5.10. The van der Waals surface area contributed by atoms with Gasteiger partial charge in [-0.05, 0) is 24.6 Å². The number of aromatic amines is 1. The molecule has 0 fully saturated rings. The van der Waals surface area contributed by atoms with Crippen molar-refractivity contribution in [3.63, 3.8) is 0 Å². The first-order valence-electron chi connectivity index (χ1n) is 9.51. The molecule has 0 saturated heterocycles. The van der Waals surface area contributed by atoms with E-state index in [0.29, 0.717) is 11.5 Å². The molecule has 1 atom stereocenters. The zero-order chi connectivity index (χ0) is 20.9. The van der Waals surface area contributed by atoms with Crippen LogP contribution in [0.15, 0.2) is 59.9 Å². The van der Waals surface area contributed by atoms with Crippen molar-refractivity contribution in [1.82, 2.24) is 9.97 Å². The highest BCUT2D eigenvalue weighted by atomic mass is 16.3. The van der Waals surface area contributed by atoms with Gasteiger partial charge in [0.25, 0.3) is 5.91 Å². The average Bonchev–Trinajstić information content (AvgIpc) is 3.19. The minimum atomic E-state index is -0.755. The molecule has 29 heavy (non-hydrogen) atoms. The summed E-state index contributed by atoms with van der Waals surface area (Å²) in [5.74, 6) is -1.13. The maximum Gasteiger partial charge on any atom is 0.296 e. The number of Topliss-reactive ketones (excluding diaryl/α,β-unsaturated/α-hetero) is 1. The second kappa shape index (κ2) is 6.58. The number of benzene rings is 2. The molecular weight excluding hydrogens is 366 g/mol. The van der Waals surface area contributed by atoms with Crippen LogP contribution in [0.5, 0.6) is 0 Å². The van der Waals surface area contributed by atoms with Gasteiger partial charge >= 0.3 is 0 Å². The number of fused-ring (bicyclic) bond motifs is 1. The predicted octanol–water partition coefficient (Wildman–Crippen LogP) is 4.39. The number of carbonyl (C=O) groups excluding carboxylic acids is 2. The fourth-order valence-electron chi connectivity index (χ4n) is 3.67. The molecule has 0 aliphatic carbocycles. The number of para-hydroxylation sites is 2. The number of aromatic nitrogens is 2. The molecule has 0 spiro atoms. The topological polar surface area (TPSA) is 86.3 Å². The standard InChI is InChI=1S/C23H23N3O3/c1-13-8-7-9-14(12-13)18-17(20(28)23(2,3)4)19(27)21(29)26(18)22-24-15-10-5-6-11-16(15)25-22/h5-12,18,27H,1-4H3,(H,24,25). The lowest BCUT2D eigenvalue weighted by Crippen LogP contribution is -2.33. The number of aryl methyl sites for hydroxylation is 1. The van der Waals surface area contributed by atoms with E-state index >= 15 is 0 Å². The molecule has 1 aliphatic heterocycles. The molecule has 0 bridgehead atoms. The number of imidazole rings is 1. The van der Waals surface area contributed by atoms with Crippen LogP contribution in [0, 0.1) is 12.3 Å². The Bertz CT molecular complexity index is 1130. The molecule has 4 rings (SSSR count). The van der Waals surface area contributed by atoms with E-state index < -0.39 is 23.1 Å². The van der Waals surface area contributed by atoms with Crippen LogP contribution in [-0.2, 0) is 9.59 Å². The minimum Gasteiger partial charge on any atom is -0.503 e. The number of ketones is 1. The molecule has 2 aromatic carbocycles. The lowest BCUT2D eigenvalue weighted by atomic mass is 9.82. The molecule has 1 unspecified atom stereocenters. The van der Waals surface area contributed by atoms with Crippen LogP contribution in [0.1, 0.15) is 37.9 Å². The number of hydrogen-bond acceptors (Lipinski definition) is 4. The lowest BCUT2D eigenvalue weighted by Gasteiger charge is -2.27. The van der Waals surface area contributed by atoms with E-state index in [9.17, 15) is 14.7 Å². The monoisotopic (exact) mass is 389 g/mol. The highest BCUT2D eigenvalue weighted by molar-refractivity contribution is 6.17. The van der Waals surface area contributed by atoms with E-state index in [1.807, 2.05) is 55.5 Å². The average molecular weight is 389 g/mol. The number of nitrogens with one attached hydrogen (secondary N) is 1. The Morgan fingerprint density at radius 3 is 2.52 bits per heavy atom. The summed E-state index contributed by atoms with van der Waals surface area (Å²) in [7, 11) is 0. The normalized spacial score (nSPS) is 17.4. The van der Waals surface area contributed by atoms with Crippen molar-refractivity contribution in [3.05, 3.63) is 71.0 Å². The van der Waals surface area contributed by atoms with Crippen LogP contribution in [0.4, 0.5) is 5.95 Å². The Morgan fingerprint density at radius 2 is 1.86 bits per heavy atom. The highest BCUT2D eigenvalue weighted by Gasteiger charge is 2.47. The molecule has 1 amide bonds. The maximum absolute atomic E-state index is 13.2. The van der Waals surface area contributed by atoms with Gasteiger partial charge in [0.1, 0.15) is 0 Å². The van der Waals surface area contributed by atoms with Gasteiger partial charge in [0.15, 0.2) is 11.5 Å². The third kappa shape index (κ3) is 3.10. The Kier molecular flexibility index (Phi) is 4.30. The Hall–Kier alpha value is -3.41. The predicted molar refractivity (Wildman–Crippen MR) is 112 cm³/mol. The fraction of sp³-hybridized carbons (Fsp3) is 0.261. The van der Waals surface area contributed by atoms with Crippen LogP contribution < -0.4 is 4.90 Å². The first kappa shape index (κ1) is 18.9. The van der Waals surface area contributed by atoms with Crippen LogP contribution >= 0.6 is 0 Å². The van der Waals surface area contributed by atoms with Crippen molar-refractivity contribution in [1.29, 1.82) is 0 Å². The fourth-order valence-corrected chi connectivity index (χ4v) is 3.67. The van der Waals surface area contributed by atoms with Gasteiger partial charge in [-0.1, -0.05) is 62.7 Å². The summed E-state index contributed by atoms with van der Waals surface area (Å²) in [6.45, 7) is 7.27. The van der Waals surface area contributed by atoms with Gasteiger partial charge in [-0.3, -0.25) is 14.5 Å². The number of anilines is 1. The number of aliphatic hydroxyl groups excluding tert-OH is 1.